The third-order valence-corrected chi connectivity index (χ3v) is 3.46. The van der Waals surface area contributed by atoms with Crippen molar-refractivity contribution in [2.75, 3.05) is 5.32 Å². The zero-order valence-corrected chi connectivity index (χ0v) is 12.4. The van der Waals surface area contributed by atoms with Crippen LogP contribution in [0.15, 0.2) is 34.9 Å². The van der Waals surface area contributed by atoms with Gasteiger partial charge >= 0.3 is 0 Å². The number of benzene rings is 1. The fraction of sp³-hybridized carbons (Fsp3) is 0.357. The number of hydrogen-bond donors (Lipinski definition) is 1. The third-order valence-electron chi connectivity index (χ3n) is 2.77. The molecule has 1 N–H and O–H groups in total. The molecule has 0 amide bonds. The van der Waals surface area contributed by atoms with E-state index in [1.165, 1.54) is 12.8 Å². The Kier molecular flexibility index (Phi) is 4.42. The summed E-state index contributed by atoms with van der Waals surface area (Å²) in [5.74, 6) is 0.910. The molecule has 1 aromatic carbocycles. The number of anilines is 2. The van der Waals surface area contributed by atoms with Crippen molar-refractivity contribution in [3.05, 3.63) is 40.6 Å². The van der Waals surface area contributed by atoms with E-state index in [1.807, 2.05) is 31.2 Å². The van der Waals surface area contributed by atoms with Crippen molar-refractivity contribution < 1.29 is 0 Å². The summed E-state index contributed by atoms with van der Waals surface area (Å²) in [6.45, 7) is 5.22. The summed E-state index contributed by atoms with van der Waals surface area (Å²) in [6.07, 6.45) is 4.45. The number of imidazole rings is 1. The van der Waals surface area contributed by atoms with Crippen molar-refractivity contribution in [1.82, 2.24) is 9.55 Å². The van der Waals surface area contributed by atoms with Gasteiger partial charge in [0.2, 0.25) is 5.95 Å². The van der Waals surface area contributed by atoms with Crippen LogP contribution in [0.4, 0.5) is 11.6 Å². The van der Waals surface area contributed by atoms with Crippen LogP contribution < -0.4 is 5.32 Å². The average molecular weight is 308 g/mol. The number of hydrogen-bond acceptors (Lipinski definition) is 2. The summed E-state index contributed by atoms with van der Waals surface area (Å²) in [6, 6.07) is 8.08. The normalized spacial score (nSPS) is 10.6. The molecule has 2 aromatic rings. The largest absolute Gasteiger partial charge is 0.325 e. The quantitative estimate of drug-likeness (QED) is 0.881. The molecule has 1 aromatic heterocycles. The van der Waals surface area contributed by atoms with Crippen LogP contribution in [-0.4, -0.2) is 9.55 Å². The van der Waals surface area contributed by atoms with E-state index in [0.717, 1.165) is 28.3 Å². The monoisotopic (exact) mass is 307 g/mol. The summed E-state index contributed by atoms with van der Waals surface area (Å²) < 4.78 is 3.23. The Morgan fingerprint density at radius 1 is 1.33 bits per heavy atom. The molecule has 0 atom stereocenters. The number of rotatable bonds is 5. The van der Waals surface area contributed by atoms with E-state index >= 15 is 0 Å². The highest BCUT2D eigenvalue weighted by Crippen LogP contribution is 2.25. The molecular formula is C14H18BrN3. The zero-order chi connectivity index (χ0) is 13.0. The maximum atomic E-state index is 4.53. The smallest absolute Gasteiger partial charge is 0.207 e. The Morgan fingerprint density at radius 2 is 2.11 bits per heavy atom. The zero-order valence-electron chi connectivity index (χ0n) is 10.8. The van der Waals surface area contributed by atoms with E-state index in [9.17, 15) is 0 Å². The maximum absolute atomic E-state index is 4.53. The second kappa shape index (κ2) is 6.05. The number of unbranched alkanes of at least 4 members (excludes halogenated alkanes) is 1. The molecule has 0 bridgehead atoms. The molecule has 0 spiro atoms. The lowest BCUT2D eigenvalue weighted by molar-refractivity contribution is 0.637. The van der Waals surface area contributed by atoms with Crippen molar-refractivity contribution in [2.45, 2.75) is 33.2 Å². The number of aromatic nitrogens is 2. The van der Waals surface area contributed by atoms with Gasteiger partial charge in [0, 0.05) is 17.2 Å². The third kappa shape index (κ3) is 3.13. The number of para-hydroxylation sites is 1. The van der Waals surface area contributed by atoms with Crippen molar-refractivity contribution in [3.8, 4) is 0 Å². The molecule has 0 aliphatic rings. The first-order valence-electron chi connectivity index (χ1n) is 6.26. The lowest BCUT2D eigenvalue weighted by Gasteiger charge is -2.10. The molecule has 2 rings (SSSR count). The summed E-state index contributed by atoms with van der Waals surface area (Å²) in [7, 11) is 0. The molecule has 18 heavy (non-hydrogen) atoms. The van der Waals surface area contributed by atoms with Gasteiger partial charge in [-0.3, -0.25) is 0 Å². The standard InChI is InChI=1S/C14H18BrN3/c1-3-4-9-18-10-11(2)16-14(18)17-13-8-6-5-7-12(13)15/h5-8,10H,3-4,9H2,1-2H3,(H,16,17). The molecule has 0 aliphatic carbocycles. The topological polar surface area (TPSA) is 29.9 Å². The molecule has 0 saturated carbocycles. The fourth-order valence-electron chi connectivity index (χ4n) is 1.83. The number of halogens is 1. The summed E-state index contributed by atoms with van der Waals surface area (Å²) in [4.78, 5) is 4.53. The van der Waals surface area contributed by atoms with Crippen LogP contribution >= 0.6 is 15.9 Å². The van der Waals surface area contributed by atoms with Gasteiger partial charge in [-0.1, -0.05) is 25.5 Å². The van der Waals surface area contributed by atoms with Gasteiger partial charge < -0.3 is 9.88 Å². The Hall–Kier alpha value is -1.29. The van der Waals surface area contributed by atoms with Gasteiger partial charge in [-0.15, -0.1) is 0 Å². The molecule has 4 heteroatoms. The van der Waals surface area contributed by atoms with Crippen LogP contribution in [-0.2, 0) is 6.54 Å². The highest BCUT2D eigenvalue weighted by atomic mass is 79.9. The van der Waals surface area contributed by atoms with Crippen LogP contribution in [0.2, 0.25) is 0 Å². The van der Waals surface area contributed by atoms with Gasteiger partial charge in [-0.2, -0.15) is 0 Å². The van der Waals surface area contributed by atoms with Crippen LogP contribution in [0.3, 0.4) is 0 Å². The molecule has 3 nitrogen and oxygen atoms in total. The van der Waals surface area contributed by atoms with E-state index in [1.54, 1.807) is 0 Å². The van der Waals surface area contributed by atoms with Gasteiger partial charge in [0.25, 0.3) is 0 Å². The number of nitrogens with zero attached hydrogens (tertiary/aromatic N) is 2. The van der Waals surface area contributed by atoms with E-state index < -0.39 is 0 Å². The lowest BCUT2D eigenvalue weighted by Crippen LogP contribution is -2.03. The predicted octanol–water partition coefficient (Wildman–Crippen LogP) is 4.50. The first-order valence-corrected chi connectivity index (χ1v) is 7.05. The molecule has 0 radical (unpaired) electrons. The van der Waals surface area contributed by atoms with Crippen molar-refractivity contribution >= 4 is 27.6 Å². The highest BCUT2D eigenvalue weighted by Gasteiger charge is 2.07. The van der Waals surface area contributed by atoms with E-state index in [4.69, 9.17) is 0 Å². The Balaban J connectivity index is 2.20. The molecule has 0 unspecified atom stereocenters. The Morgan fingerprint density at radius 3 is 2.83 bits per heavy atom. The van der Waals surface area contributed by atoms with Crippen LogP contribution in [0, 0.1) is 6.92 Å². The molecule has 1 heterocycles. The molecule has 0 aliphatic heterocycles. The summed E-state index contributed by atoms with van der Waals surface area (Å²) >= 11 is 3.54. The predicted molar refractivity (Wildman–Crippen MR) is 79.3 cm³/mol. The van der Waals surface area contributed by atoms with Crippen LogP contribution in [0.1, 0.15) is 25.5 Å². The van der Waals surface area contributed by atoms with E-state index in [0.29, 0.717) is 0 Å². The van der Waals surface area contributed by atoms with Crippen molar-refractivity contribution in [1.29, 1.82) is 0 Å². The minimum absolute atomic E-state index is 0.910. The second-order valence-electron chi connectivity index (χ2n) is 4.36. The first-order chi connectivity index (χ1) is 8.70. The van der Waals surface area contributed by atoms with Gasteiger partial charge in [-0.05, 0) is 41.4 Å². The van der Waals surface area contributed by atoms with Crippen LogP contribution in [0.25, 0.3) is 0 Å². The van der Waals surface area contributed by atoms with Crippen molar-refractivity contribution in [2.24, 2.45) is 0 Å². The Labute approximate surface area is 116 Å². The lowest BCUT2D eigenvalue weighted by atomic mass is 10.3. The molecule has 96 valence electrons. The number of nitrogens with one attached hydrogen (secondary N) is 1. The fourth-order valence-corrected chi connectivity index (χ4v) is 2.21. The Bertz CT molecular complexity index is 520. The van der Waals surface area contributed by atoms with E-state index in [-0.39, 0.29) is 0 Å². The molecule has 0 fully saturated rings. The maximum Gasteiger partial charge on any atom is 0.207 e. The SMILES string of the molecule is CCCCn1cc(C)nc1Nc1ccccc1Br. The van der Waals surface area contributed by atoms with Gasteiger partial charge in [0.05, 0.1) is 11.4 Å². The molecule has 0 saturated heterocycles. The molecular weight excluding hydrogens is 290 g/mol. The average Bonchev–Trinajstić information content (AvgIpc) is 2.70. The summed E-state index contributed by atoms with van der Waals surface area (Å²) in [5, 5.41) is 3.38. The minimum Gasteiger partial charge on any atom is -0.325 e. The highest BCUT2D eigenvalue weighted by molar-refractivity contribution is 9.10. The van der Waals surface area contributed by atoms with E-state index in [2.05, 4.69) is 43.9 Å². The second-order valence-corrected chi connectivity index (χ2v) is 5.21. The minimum atomic E-state index is 0.910. The van der Waals surface area contributed by atoms with Crippen LogP contribution in [0.5, 0.6) is 0 Å². The van der Waals surface area contributed by atoms with Crippen molar-refractivity contribution in [3.63, 3.8) is 0 Å². The summed E-state index contributed by atoms with van der Waals surface area (Å²) in [5.41, 5.74) is 2.08. The van der Waals surface area contributed by atoms with Gasteiger partial charge in [0.1, 0.15) is 0 Å². The van der Waals surface area contributed by atoms with Gasteiger partial charge in [0.15, 0.2) is 0 Å². The number of aryl methyl sites for hydroxylation is 2. The van der Waals surface area contributed by atoms with Gasteiger partial charge in [-0.25, -0.2) is 4.98 Å². The first kappa shape index (κ1) is 13.1.